The highest BCUT2D eigenvalue weighted by molar-refractivity contribution is 5.97. The van der Waals surface area contributed by atoms with Crippen LogP contribution in [0.4, 0.5) is 0 Å². The van der Waals surface area contributed by atoms with Crippen LogP contribution in [0.25, 0.3) is 11.1 Å². The van der Waals surface area contributed by atoms with E-state index in [4.69, 9.17) is 11.0 Å². The molecule has 2 aromatic rings. The Kier molecular flexibility index (Phi) is 1.25. The summed E-state index contributed by atoms with van der Waals surface area (Å²) in [6, 6.07) is 7.57. The van der Waals surface area contributed by atoms with Crippen molar-refractivity contribution in [2.45, 2.75) is 25.5 Å². The minimum atomic E-state index is -2.80. The second-order valence-corrected chi connectivity index (χ2v) is 4.61. The number of carbonyl (C=O) groups is 2. The largest absolute Gasteiger partial charge is 0.299 e. The van der Waals surface area contributed by atoms with E-state index >= 15 is 0 Å². The molecule has 0 N–H and O–H groups in total. The lowest BCUT2D eigenvalue weighted by Gasteiger charge is -2.14. The summed E-state index contributed by atoms with van der Waals surface area (Å²) in [5.41, 5.74) is -1.38. The standard InChI is InChI=1S/C18H14O2/c19-15-7-11-3-1-4-12-8-16(20)10-14-6-2-5-13(9-15)18(14)17(11)12/h1-6H,7-10H2/i7D2,8D2,9D2,10D2. The number of hydrogen-bond donors (Lipinski definition) is 0. The van der Waals surface area contributed by atoms with Crippen LogP contribution in [-0.2, 0) is 35.1 Å². The van der Waals surface area contributed by atoms with Gasteiger partial charge in [0, 0.05) is 36.5 Å². The van der Waals surface area contributed by atoms with E-state index in [0.717, 1.165) is 0 Å². The van der Waals surface area contributed by atoms with Gasteiger partial charge in [-0.25, -0.2) is 0 Å². The molecule has 2 aliphatic rings. The van der Waals surface area contributed by atoms with Crippen LogP contribution in [-0.4, -0.2) is 11.6 Å². The first-order valence-corrected chi connectivity index (χ1v) is 6.15. The first-order chi connectivity index (χ1) is 12.8. The number of benzene rings is 2. The zero-order valence-corrected chi connectivity index (χ0v) is 10.3. The van der Waals surface area contributed by atoms with E-state index in [1.807, 2.05) is 0 Å². The molecular weight excluding hydrogens is 248 g/mol. The Bertz CT molecular complexity index is 913. The molecule has 0 amide bonds. The predicted octanol–water partition coefficient (Wildman–Crippen LogP) is 2.69. The molecule has 2 aliphatic carbocycles. The average Bonchev–Trinajstić information content (AvgIpc) is 2.72. The van der Waals surface area contributed by atoms with E-state index in [1.165, 1.54) is 36.4 Å². The maximum atomic E-state index is 12.8. The maximum Gasteiger partial charge on any atom is 0.141 e. The van der Waals surface area contributed by atoms with Gasteiger partial charge in [0.15, 0.2) is 0 Å². The van der Waals surface area contributed by atoms with Gasteiger partial charge in [-0.2, -0.15) is 0 Å². The van der Waals surface area contributed by atoms with Crippen molar-refractivity contribution in [1.29, 1.82) is 0 Å². The molecular formula is C18H14O2. The van der Waals surface area contributed by atoms with Crippen LogP contribution >= 0.6 is 0 Å². The number of ketones is 2. The Morgan fingerprint density at radius 1 is 0.650 bits per heavy atom. The Morgan fingerprint density at radius 2 is 0.950 bits per heavy atom. The highest BCUT2D eigenvalue weighted by atomic mass is 16.1. The number of carbonyl (C=O) groups excluding carboxylic acids is 2. The van der Waals surface area contributed by atoms with Crippen LogP contribution in [0.1, 0.15) is 33.2 Å². The van der Waals surface area contributed by atoms with Gasteiger partial charge >= 0.3 is 0 Å². The fraction of sp³-hybridized carbons (Fsp3) is 0.222. The van der Waals surface area contributed by atoms with Crippen molar-refractivity contribution in [2.75, 3.05) is 0 Å². The zero-order valence-electron chi connectivity index (χ0n) is 18.3. The predicted molar refractivity (Wildman–Crippen MR) is 76.7 cm³/mol. The third-order valence-corrected chi connectivity index (χ3v) is 3.37. The van der Waals surface area contributed by atoms with Crippen molar-refractivity contribution in [3.8, 4) is 11.1 Å². The quantitative estimate of drug-likeness (QED) is 0.737. The molecule has 0 saturated heterocycles. The molecule has 0 atom stereocenters. The molecule has 0 radical (unpaired) electrons. The van der Waals surface area contributed by atoms with Gasteiger partial charge < -0.3 is 0 Å². The maximum absolute atomic E-state index is 12.8. The Labute approximate surface area is 128 Å². The number of hydrogen-bond acceptors (Lipinski definition) is 2. The summed E-state index contributed by atoms with van der Waals surface area (Å²) in [6.07, 6.45) is -11.2. The van der Waals surface area contributed by atoms with Gasteiger partial charge in [0.1, 0.15) is 11.6 Å². The van der Waals surface area contributed by atoms with Crippen molar-refractivity contribution >= 4 is 11.6 Å². The molecule has 0 aliphatic heterocycles. The van der Waals surface area contributed by atoms with Crippen LogP contribution in [0.3, 0.4) is 0 Å². The molecule has 0 unspecified atom stereocenters. The molecule has 98 valence electrons. The summed E-state index contributed by atoms with van der Waals surface area (Å²) in [5.74, 6) is -2.72. The number of Topliss-reactive ketones (excluding diaryl/α,β-unsaturated/α-hetero) is 2. The van der Waals surface area contributed by atoms with E-state index < -0.39 is 37.1 Å². The van der Waals surface area contributed by atoms with E-state index in [0.29, 0.717) is 0 Å². The summed E-state index contributed by atoms with van der Waals surface area (Å²) >= 11 is 0. The van der Waals surface area contributed by atoms with Gasteiger partial charge in [-0.05, 0) is 33.4 Å². The van der Waals surface area contributed by atoms with Gasteiger partial charge in [-0.3, -0.25) is 9.59 Å². The molecule has 2 aromatic carbocycles. The summed E-state index contributed by atoms with van der Waals surface area (Å²) < 4.78 is 66.4. The fourth-order valence-electron chi connectivity index (χ4n) is 2.61. The van der Waals surface area contributed by atoms with Gasteiger partial charge in [-0.15, -0.1) is 0 Å². The molecule has 4 rings (SSSR count). The van der Waals surface area contributed by atoms with Crippen LogP contribution in [0.2, 0.25) is 0 Å². The Hall–Kier alpha value is -2.22. The molecule has 0 saturated carbocycles. The van der Waals surface area contributed by atoms with Crippen LogP contribution < -0.4 is 0 Å². The summed E-state index contributed by atoms with van der Waals surface area (Å²) in [7, 11) is 0. The third-order valence-electron chi connectivity index (χ3n) is 3.37. The third kappa shape index (κ3) is 1.64. The summed E-state index contributed by atoms with van der Waals surface area (Å²) in [5, 5.41) is 0. The van der Waals surface area contributed by atoms with Crippen LogP contribution in [0, 0.1) is 0 Å². The molecule has 0 aromatic heterocycles. The average molecular weight is 270 g/mol. The van der Waals surface area contributed by atoms with E-state index in [2.05, 4.69) is 0 Å². The SMILES string of the molecule is [2H]C1([2H])C(=O)C([2H])([2H])c2cccc3c2-c2c1cccc2C([2H])([2H])C(=O)C3([2H])[2H]. The zero-order chi connectivity index (χ0) is 20.9. The highest BCUT2D eigenvalue weighted by Crippen LogP contribution is 2.39. The topological polar surface area (TPSA) is 34.1 Å². The van der Waals surface area contributed by atoms with Crippen molar-refractivity contribution in [3.63, 3.8) is 0 Å². The van der Waals surface area contributed by atoms with Crippen LogP contribution in [0.5, 0.6) is 0 Å². The van der Waals surface area contributed by atoms with E-state index in [9.17, 15) is 9.59 Å². The minimum Gasteiger partial charge on any atom is -0.299 e. The van der Waals surface area contributed by atoms with E-state index in [1.54, 1.807) is 0 Å². The Balaban J connectivity index is 2.35. The normalized spacial score (nSPS) is 32.4. The lowest BCUT2D eigenvalue weighted by molar-refractivity contribution is -0.118. The van der Waals surface area contributed by atoms with E-state index in [-0.39, 0.29) is 33.4 Å². The summed E-state index contributed by atoms with van der Waals surface area (Å²) in [4.78, 5) is 25.7. The molecule has 0 fully saturated rings. The van der Waals surface area contributed by atoms with Gasteiger partial charge in [-0.1, -0.05) is 36.4 Å². The van der Waals surface area contributed by atoms with Crippen molar-refractivity contribution < 1.29 is 20.6 Å². The molecule has 0 spiro atoms. The minimum absolute atomic E-state index is 0.132. The van der Waals surface area contributed by atoms with Gasteiger partial charge in [0.2, 0.25) is 0 Å². The number of rotatable bonds is 0. The smallest absolute Gasteiger partial charge is 0.141 e. The van der Waals surface area contributed by atoms with Gasteiger partial charge in [0.05, 0.1) is 0 Å². The van der Waals surface area contributed by atoms with Crippen molar-refractivity contribution in [1.82, 2.24) is 0 Å². The molecule has 2 nitrogen and oxygen atoms in total. The van der Waals surface area contributed by atoms with Gasteiger partial charge in [0.25, 0.3) is 0 Å². The first kappa shape index (κ1) is 6.04. The lowest BCUT2D eigenvalue weighted by atomic mass is 9.90. The molecule has 0 bridgehead atoms. The summed E-state index contributed by atoms with van der Waals surface area (Å²) in [6.45, 7) is 0. The van der Waals surface area contributed by atoms with Crippen LogP contribution in [0.15, 0.2) is 36.4 Å². The highest BCUT2D eigenvalue weighted by Gasteiger charge is 2.27. The monoisotopic (exact) mass is 270 g/mol. The molecule has 2 heteroatoms. The molecule has 0 heterocycles. The first-order valence-electron chi connectivity index (χ1n) is 10.1. The van der Waals surface area contributed by atoms with Crippen molar-refractivity contribution in [3.05, 3.63) is 58.7 Å². The second-order valence-electron chi connectivity index (χ2n) is 4.61. The lowest BCUT2D eigenvalue weighted by Crippen LogP contribution is -2.07. The fourth-order valence-corrected chi connectivity index (χ4v) is 2.61. The second kappa shape index (κ2) is 4.14. The Morgan fingerprint density at radius 3 is 1.25 bits per heavy atom. The van der Waals surface area contributed by atoms with Crippen molar-refractivity contribution in [2.24, 2.45) is 0 Å². The molecule has 20 heavy (non-hydrogen) atoms.